The number of aromatic nitrogens is 3. The van der Waals surface area contributed by atoms with Gasteiger partial charge in [0.1, 0.15) is 12.1 Å². The van der Waals surface area contributed by atoms with Crippen molar-refractivity contribution in [3.8, 4) is 16.9 Å². The lowest BCUT2D eigenvalue weighted by molar-refractivity contribution is -0.0282. The average Bonchev–Trinajstić information content (AvgIpc) is 3.27. The number of halogens is 1. The van der Waals surface area contributed by atoms with Crippen LogP contribution in [0.25, 0.3) is 28.0 Å². The summed E-state index contributed by atoms with van der Waals surface area (Å²) in [6.07, 6.45) is 2.18. The summed E-state index contributed by atoms with van der Waals surface area (Å²) in [6.45, 7) is 0.912. The molecule has 4 aromatic rings. The van der Waals surface area contributed by atoms with Crippen LogP contribution in [0, 0.1) is 5.82 Å². The molecule has 0 unspecified atom stereocenters. The maximum Gasteiger partial charge on any atom is 0.319 e. The molecule has 8 nitrogen and oxygen atoms in total. The molecule has 2 amide bonds. The second-order valence-corrected chi connectivity index (χ2v) is 9.51. The van der Waals surface area contributed by atoms with E-state index in [2.05, 4.69) is 4.98 Å². The Morgan fingerprint density at radius 2 is 1.75 bits per heavy atom. The van der Waals surface area contributed by atoms with Gasteiger partial charge in [-0.2, -0.15) is 0 Å². The van der Waals surface area contributed by atoms with Gasteiger partial charge in [0.25, 0.3) is 5.56 Å². The minimum absolute atomic E-state index is 0.0845. The van der Waals surface area contributed by atoms with Crippen LogP contribution in [-0.4, -0.2) is 67.8 Å². The molecule has 0 spiro atoms. The molecule has 2 aromatic carbocycles. The third kappa shape index (κ3) is 4.37. The number of benzene rings is 2. The van der Waals surface area contributed by atoms with E-state index in [0.717, 1.165) is 11.3 Å². The second kappa shape index (κ2) is 9.23. The van der Waals surface area contributed by atoms with Crippen LogP contribution in [0.2, 0.25) is 0 Å². The van der Waals surface area contributed by atoms with Crippen LogP contribution < -0.4 is 5.56 Å². The zero-order valence-corrected chi connectivity index (χ0v) is 20.3. The number of hydrogen-bond donors (Lipinski definition) is 1. The molecular formula is C27H28FN5O3. The summed E-state index contributed by atoms with van der Waals surface area (Å²) < 4.78 is 16.9. The zero-order chi connectivity index (χ0) is 25.4. The number of rotatable bonds is 4. The van der Waals surface area contributed by atoms with Gasteiger partial charge in [-0.15, -0.1) is 0 Å². The number of amides is 2. The van der Waals surface area contributed by atoms with Crippen LogP contribution in [0.4, 0.5) is 9.18 Å². The van der Waals surface area contributed by atoms with Gasteiger partial charge in [-0.1, -0.05) is 30.3 Å². The van der Waals surface area contributed by atoms with E-state index in [4.69, 9.17) is 0 Å². The fourth-order valence-electron chi connectivity index (χ4n) is 4.77. The predicted molar refractivity (Wildman–Crippen MR) is 136 cm³/mol. The molecule has 2 aromatic heterocycles. The van der Waals surface area contributed by atoms with E-state index in [9.17, 15) is 19.1 Å². The van der Waals surface area contributed by atoms with Gasteiger partial charge in [0, 0.05) is 32.9 Å². The van der Waals surface area contributed by atoms with Crippen LogP contribution in [0.15, 0.2) is 71.8 Å². The topological polar surface area (TPSA) is 83.6 Å². The molecule has 0 bridgehead atoms. The molecular weight excluding hydrogens is 461 g/mol. The lowest BCUT2D eigenvalue weighted by atomic mass is 9.91. The molecule has 186 valence electrons. The number of nitrogens with zero attached hydrogens (tertiary/aromatic N) is 5. The highest BCUT2D eigenvalue weighted by atomic mass is 19.1. The first-order valence-electron chi connectivity index (χ1n) is 11.9. The quantitative estimate of drug-likeness (QED) is 0.476. The van der Waals surface area contributed by atoms with E-state index in [0.29, 0.717) is 42.7 Å². The van der Waals surface area contributed by atoms with Crippen LogP contribution in [0.1, 0.15) is 12.8 Å². The SMILES string of the molecule is CN(C)C(=O)N1CCC(O)(Cn2cnc3c(cc(-c4ccccc4)n3-c3ccc(F)cc3)c2=O)CC1. The number of urea groups is 1. The van der Waals surface area contributed by atoms with Gasteiger partial charge in [-0.05, 0) is 48.7 Å². The largest absolute Gasteiger partial charge is 0.388 e. The lowest BCUT2D eigenvalue weighted by Crippen LogP contribution is -2.51. The molecule has 3 heterocycles. The Morgan fingerprint density at radius 3 is 2.39 bits per heavy atom. The molecule has 36 heavy (non-hydrogen) atoms. The van der Waals surface area contributed by atoms with Crippen molar-refractivity contribution in [3.05, 3.63) is 83.2 Å². The molecule has 1 fully saturated rings. The van der Waals surface area contributed by atoms with Gasteiger partial charge >= 0.3 is 6.03 Å². The lowest BCUT2D eigenvalue weighted by Gasteiger charge is -2.39. The number of likely N-dealkylation sites (tertiary alicyclic amines) is 1. The van der Waals surface area contributed by atoms with E-state index in [1.807, 2.05) is 34.9 Å². The highest BCUT2D eigenvalue weighted by molar-refractivity contribution is 5.85. The number of hydrogen-bond acceptors (Lipinski definition) is 4. The highest BCUT2D eigenvalue weighted by Crippen LogP contribution is 2.30. The first-order valence-corrected chi connectivity index (χ1v) is 11.9. The van der Waals surface area contributed by atoms with Crippen molar-refractivity contribution >= 4 is 17.1 Å². The minimum Gasteiger partial charge on any atom is -0.388 e. The van der Waals surface area contributed by atoms with Crippen molar-refractivity contribution in [2.24, 2.45) is 0 Å². The molecule has 0 aliphatic carbocycles. The van der Waals surface area contributed by atoms with E-state index in [-0.39, 0.29) is 24.0 Å². The fraction of sp³-hybridized carbons (Fsp3) is 0.296. The zero-order valence-electron chi connectivity index (χ0n) is 20.3. The summed E-state index contributed by atoms with van der Waals surface area (Å²) in [4.78, 5) is 33.6. The summed E-state index contributed by atoms with van der Waals surface area (Å²) >= 11 is 0. The van der Waals surface area contributed by atoms with Crippen molar-refractivity contribution in [2.75, 3.05) is 27.2 Å². The molecule has 1 aliphatic rings. The Bertz CT molecular complexity index is 1450. The van der Waals surface area contributed by atoms with Gasteiger partial charge in [0.2, 0.25) is 0 Å². The molecule has 0 radical (unpaired) electrons. The van der Waals surface area contributed by atoms with Crippen molar-refractivity contribution in [1.82, 2.24) is 23.9 Å². The Kier molecular flexibility index (Phi) is 6.09. The molecule has 5 rings (SSSR count). The van der Waals surface area contributed by atoms with Crippen LogP contribution in [0.5, 0.6) is 0 Å². The Balaban J connectivity index is 1.52. The summed E-state index contributed by atoms with van der Waals surface area (Å²) in [5.74, 6) is -0.349. The molecule has 0 saturated carbocycles. The van der Waals surface area contributed by atoms with Crippen LogP contribution >= 0.6 is 0 Å². The molecule has 1 N–H and O–H groups in total. The number of aliphatic hydroxyl groups is 1. The van der Waals surface area contributed by atoms with Crippen LogP contribution in [0.3, 0.4) is 0 Å². The Hall–Kier alpha value is -3.98. The van der Waals surface area contributed by atoms with Crippen LogP contribution in [-0.2, 0) is 6.54 Å². The van der Waals surface area contributed by atoms with E-state index < -0.39 is 5.60 Å². The van der Waals surface area contributed by atoms with Crippen molar-refractivity contribution in [3.63, 3.8) is 0 Å². The first kappa shape index (κ1) is 23.7. The Morgan fingerprint density at radius 1 is 1.08 bits per heavy atom. The van der Waals surface area contributed by atoms with Gasteiger partial charge in [-0.25, -0.2) is 14.2 Å². The number of fused-ring (bicyclic) bond motifs is 1. The second-order valence-electron chi connectivity index (χ2n) is 9.51. The highest BCUT2D eigenvalue weighted by Gasteiger charge is 2.35. The third-order valence-corrected chi connectivity index (χ3v) is 6.75. The summed E-state index contributed by atoms with van der Waals surface area (Å²) in [5.41, 5.74) is 1.41. The van der Waals surface area contributed by atoms with E-state index in [1.54, 1.807) is 37.2 Å². The normalized spacial score (nSPS) is 15.3. The predicted octanol–water partition coefficient (Wildman–Crippen LogP) is 3.50. The van der Waals surface area contributed by atoms with Gasteiger partial charge in [0.15, 0.2) is 5.65 Å². The van der Waals surface area contributed by atoms with Gasteiger partial charge in [-0.3, -0.25) is 13.9 Å². The fourth-order valence-corrected chi connectivity index (χ4v) is 4.77. The molecule has 1 aliphatic heterocycles. The molecule has 9 heteroatoms. The summed E-state index contributed by atoms with van der Waals surface area (Å²) in [6, 6.07) is 17.4. The number of piperidine rings is 1. The maximum atomic E-state index is 13.6. The number of carbonyl (C=O) groups is 1. The van der Waals surface area contributed by atoms with E-state index in [1.165, 1.54) is 27.9 Å². The molecule has 1 saturated heterocycles. The smallest absolute Gasteiger partial charge is 0.319 e. The van der Waals surface area contributed by atoms with Crippen molar-refractivity contribution in [1.29, 1.82) is 0 Å². The monoisotopic (exact) mass is 489 g/mol. The van der Waals surface area contributed by atoms with Crippen molar-refractivity contribution < 1.29 is 14.3 Å². The van der Waals surface area contributed by atoms with E-state index >= 15 is 0 Å². The van der Waals surface area contributed by atoms with Gasteiger partial charge in [0.05, 0.1) is 23.2 Å². The molecule has 0 atom stereocenters. The average molecular weight is 490 g/mol. The number of carbonyl (C=O) groups excluding carboxylic acids is 1. The maximum absolute atomic E-state index is 13.6. The standard InChI is InChI=1S/C27H28FN5O3/c1-30(2)26(35)31-14-12-27(36,13-15-31)17-32-18-29-24-22(25(32)34)16-23(19-6-4-3-5-7-19)33(24)21-10-8-20(28)9-11-21/h3-11,16,18,36H,12-15,17H2,1-2H3. The van der Waals surface area contributed by atoms with Gasteiger partial charge < -0.3 is 14.9 Å². The summed E-state index contributed by atoms with van der Waals surface area (Å²) in [5, 5.41) is 11.6. The Labute approximate surface area is 207 Å². The summed E-state index contributed by atoms with van der Waals surface area (Å²) in [7, 11) is 3.40. The van der Waals surface area contributed by atoms with Crippen molar-refractivity contribution in [2.45, 2.75) is 25.0 Å². The third-order valence-electron chi connectivity index (χ3n) is 6.75. The minimum atomic E-state index is -1.12. The first-order chi connectivity index (χ1) is 17.3.